The minimum Gasteiger partial charge on any atom is -0.351 e. The lowest BCUT2D eigenvalue weighted by Gasteiger charge is -2.25. The number of imidazole rings is 1. The van der Waals surface area contributed by atoms with E-state index in [9.17, 15) is 9.59 Å². The van der Waals surface area contributed by atoms with Crippen LogP contribution in [0.1, 0.15) is 24.2 Å². The largest absolute Gasteiger partial charge is 0.351 e. The van der Waals surface area contributed by atoms with Crippen molar-refractivity contribution in [3.05, 3.63) is 48.0 Å². The fourth-order valence-corrected chi connectivity index (χ4v) is 3.69. The summed E-state index contributed by atoms with van der Waals surface area (Å²) in [4.78, 5) is 31.3. The predicted molar refractivity (Wildman–Crippen MR) is 94.1 cm³/mol. The van der Waals surface area contributed by atoms with Crippen molar-refractivity contribution in [3.63, 3.8) is 0 Å². The third kappa shape index (κ3) is 3.04. The smallest absolute Gasteiger partial charge is 0.239 e. The summed E-state index contributed by atoms with van der Waals surface area (Å²) >= 11 is 0. The zero-order valence-corrected chi connectivity index (χ0v) is 14.3. The molecule has 0 unspecified atom stereocenters. The second kappa shape index (κ2) is 6.35. The Morgan fingerprint density at radius 2 is 2.04 bits per heavy atom. The van der Waals surface area contributed by atoms with E-state index in [1.165, 1.54) is 0 Å². The minimum atomic E-state index is -0.578. The van der Waals surface area contributed by atoms with Gasteiger partial charge in [-0.3, -0.25) is 9.59 Å². The fraction of sp³-hybridized carbons (Fsp3) is 0.421. The Bertz CT molecular complexity index is 796. The topological polar surface area (TPSA) is 67.2 Å². The molecule has 3 heterocycles. The first-order valence-electron chi connectivity index (χ1n) is 8.80. The number of hydrogen-bond donors (Lipinski definition) is 1. The van der Waals surface area contributed by atoms with Crippen molar-refractivity contribution in [2.45, 2.75) is 38.8 Å². The molecule has 0 saturated carbocycles. The fourth-order valence-electron chi connectivity index (χ4n) is 3.69. The van der Waals surface area contributed by atoms with Crippen LogP contribution in [0.3, 0.4) is 0 Å². The first-order chi connectivity index (χ1) is 12.1. The van der Waals surface area contributed by atoms with Gasteiger partial charge in [-0.15, -0.1) is 0 Å². The molecule has 2 aliphatic heterocycles. The Labute approximate surface area is 146 Å². The van der Waals surface area contributed by atoms with Crippen molar-refractivity contribution in [1.82, 2.24) is 14.9 Å². The number of nitrogens with one attached hydrogen (secondary N) is 1. The van der Waals surface area contributed by atoms with E-state index < -0.39 is 5.92 Å². The number of benzene rings is 1. The number of hydrogen-bond acceptors (Lipinski definition) is 3. The SMILES string of the molecule is Cc1ccc(N2CC[C@H](C(=O)N[C@H]3CCc4nccn4C3)C2=O)cc1. The van der Waals surface area contributed by atoms with Crippen LogP contribution in [0.2, 0.25) is 0 Å². The van der Waals surface area contributed by atoms with E-state index in [2.05, 4.69) is 14.9 Å². The molecule has 1 saturated heterocycles. The molecule has 0 spiro atoms. The van der Waals surface area contributed by atoms with Gasteiger partial charge in [0.25, 0.3) is 0 Å². The van der Waals surface area contributed by atoms with Crippen molar-refractivity contribution in [1.29, 1.82) is 0 Å². The van der Waals surface area contributed by atoms with E-state index in [0.29, 0.717) is 13.0 Å². The van der Waals surface area contributed by atoms with Crippen molar-refractivity contribution >= 4 is 17.5 Å². The van der Waals surface area contributed by atoms with E-state index in [1.54, 1.807) is 11.1 Å². The molecule has 2 atom stereocenters. The maximum Gasteiger partial charge on any atom is 0.239 e. The summed E-state index contributed by atoms with van der Waals surface area (Å²) in [6.07, 6.45) is 6.02. The molecule has 2 aliphatic rings. The van der Waals surface area contributed by atoms with E-state index in [1.807, 2.05) is 37.4 Å². The number of fused-ring (bicyclic) bond motifs is 1. The van der Waals surface area contributed by atoms with Gasteiger partial charge in [-0.2, -0.15) is 0 Å². The Balaban J connectivity index is 1.40. The molecule has 2 amide bonds. The average Bonchev–Trinajstić information content (AvgIpc) is 3.21. The number of amides is 2. The Morgan fingerprint density at radius 1 is 1.24 bits per heavy atom. The van der Waals surface area contributed by atoms with Gasteiger partial charge in [-0.25, -0.2) is 4.98 Å². The number of rotatable bonds is 3. The van der Waals surface area contributed by atoms with Crippen molar-refractivity contribution in [2.75, 3.05) is 11.4 Å². The van der Waals surface area contributed by atoms with Crippen LogP contribution in [0.4, 0.5) is 5.69 Å². The van der Waals surface area contributed by atoms with Crippen LogP contribution in [-0.2, 0) is 22.6 Å². The van der Waals surface area contributed by atoms with Gasteiger partial charge in [0.1, 0.15) is 11.7 Å². The van der Waals surface area contributed by atoms with Crippen LogP contribution < -0.4 is 10.2 Å². The molecule has 130 valence electrons. The third-order valence-electron chi connectivity index (χ3n) is 5.15. The molecular formula is C19H22N4O2. The summed E-state index contributed by atoms with van der Waals surface area (Å²) in [6, 6.07) is 7.92. The van der Waals surface area contributed by atoms with Crippen molar-refractivity contribution in [2.24, 2.45) is 5.92 Å². The van der Waals surface area contributed by atoms with Crippen LogP contribution in [0.15, 0.2) is 36.7 Å². The molecule has 25 heavy (non-hydrogen) atoms. The monoisotopic (exact) mass is 338 g/mol. The lowest BCUT2D eigenvalue weighted by atomic mass is 10.0. The highest BCUT2D eigenvalue weighted by Gasteiger charge is 2.38. The first-order valence-corrected chi connectivity index (χ1v) is 8.80. The second-order valence-electron chi connectivity index (χ2n) is 6.91. The quantitative estimate of drug-likeness (QED) is 0.866. The maximum absolute atomic E-state index is 12.7. The first kappa shape index (κ1) is 15.9. The Hall–Kier alpha value is -2.63. The predicted octanol–water partition coefficient (Wildman–Crippen LogP) is 1.68. The zero-order chi connectivity index (χ0) is 17.4. The summed E-state index contributed by atoms with van der Waals surface area (Å²) in [6.45, 7) is 3.33. The second-order valence-corrected chi connectivity index (χ2v) is 6.91. The molecular weight excluding hydrogens is 316 g/mol. The molecule has 1 N–H and O–H groups in total. The maximum atomic E-state index is 12.7. The van der Waals surface area contributed by atoms with Gasteiger partial charge in [0.05, 0.1) is 0 Å². The molecule has 0 radical (unpaired) electrons. The van der Waals surface area contributed by atoms with Gasteiger partial charge < -0.3 is 14.8 Å². The summed E-state index contributed by atoms with van der Waals surface area (Å²) in [5, 5.41) is 3.07. The summed E-state index contributed by atoms with van der Waals surface area (Å²) in [5.41, 5.74) is 2.02. The minimum absolute atomic E-state index is 0.0652. The van der Waals surface area contributed by atoms with Gasteiger partial charge in [-0.1, -0.05) is 17.7 Å². The number of nitrogens with zero attached hydrogens (tertiary/aromatic N) is 3. The number of carbonyl (C=O) groups is 2. The number of aryl methyl sites for hydroxylation is 2. The van der Waals surface area contributed by atoms with Gasteiger partial charge in [0, 0.05) is 43.6 Å². The Kier molecular flexibility index (Phi) is 4.03. The van der Waals surface area contributed by atoms with Crippen LogP contribution in [0, 0.1) is 12.8 Å². The molecule has 6 heteroatoms. The summed E-state index contributed by atoms with van der Waals surface area (Å²) in [5.74, 6) is 0.243. The van der Waals surface area contributed by atoms with Crippen molar-refractivity contribution < 1.29 is 9.59 Å². The highest BCUT2D eigenvalue weighted by atomic mass is 16.2. The van der Waals surface area contributed by atoms with Crippen LogP contribution in [0.5, 0.6) is 0 Å². The van der Waals surface area contributed by atoms with Gasteiger partial charge in [-0.05, 0) is 31.9 Å². The molecule has 0 aliphatic carbocycles. The molecule has 1 aromatic carbocycles. The molecule has 4 rings (SSSR count). The summed E-state index contributed by atoms with van der Waals surface area (Å²) < 4.78 is 2.07. The molecule has 1 aromatic heterocycles. The zero-order valence-electron chi connectivity index (χ0n) is 14.3. The van der Waals surface area contributed by atoms with E-state index in [4.69, 9.17) is 0 Å². The third-order valence-corrected chi connectivity index (χ3v) is 5.15. The highest BCUT2D eigenvalue weighted by Crippen LogP contribution is 2.26. The summed E-state index contributed by atoms with van der Waals surface area (Å²) in [7, 11) is 0. The normalized spacial score (nSPS) is 22.8. The van der Waals surface area contributed by atoms with E-state index in [0.717, 1.165) is 36.5 Å². The van der Waals surface area contributed by atoms with Gasteiger partial charge in [0.15, 0.2) is 0 Å². The van der Waals surface area contributed by atoms with Gasteiger partial charge >= 0.3 is 0 Å². The molecule has 0 bridgehead atoms. The van der Waals surface area contributed by atoms with Crippen molar-refractivity contribution in [3.8, 4) is 0 Å². The Morgan fingerprint density at radius 3 is 2.84 bits per heavy atom. The van der Waals surface area contributed by atoms with Crippen LogP contribution in [0.25, 0.3) is 0 Å². The number of anilines is 1. The lowest BCUT2D eigenvalue weighted by Crippen LogP contribution is -2.45. The highest BCUT2D eigenvalue weighted by molar-refractivity contribution is 6.09. The standard InChI is InChI=1S/C19H22N4O2/c1-13-2-5-15(6-3-13)23-10-8-16(19(23)25)18(24)21-14-4-7-17-20-9-11-22(17)12-14/h2-3,5-6,9,11,14,16H,4,7-8,10,12H2,1H3,(H,21,24)/t14-,16+/m0/s1. The molecule has 6 nitrogen and oxygen atoms in total. The molecule has 2 aromatic rings. The van der Waals surface area contributed by atoms with E-state index in [-0.39, 0.29) is 17.9 Å². The van der Waals surface area contributed by atoms with Crippen LogP contribution >= 0.6 is 0 Å². The number of aromatic nitrogens is 2. The average molecular weight is 338 g/mol. The number of carbonyl (C=O) groups excluding carboxylic acids is 2. The molecule has 1 fully saturated rings. The van der Waals surface area contributed by atoms with Gasteiger partial charge in [0.2, 0.25) is 11.8 Å². The van der Waals surface area contributed by atoms with Crippen LogP contribution in [-0.4, -0.2) is 34.0 Å². The lowest BCUT2D eigenvalue weighted by molar-refractivity contribution is -0.132. The van der Waals surface area contributed by atoms with E-state index >= 15 is 0 Å².